The van der Waals surface area contributed by atoms with Crippen LogP contribution in [0.4, 0.5) is 0 Å². The molecule has 6 heteroatoms. The predicted octanol–water partition coefficient (Wildman–Crippen LogP) is 5.31. The summed E-state index contributed by atoms with van der Waals surface area (Å²) in [6, 6.07) is 20.6. The highest BCUT2D eigenvalue weighted by molar-refractivity contribution is 5.84. The van der Waals surface area contributed by atoms with Crippen LogP contribution in [0.2, 0.25) is 0 Å². The maximum atomic E-state index is 11.8. The van der Waals surface area contributed by atoms with Gasteiger partial charge in [-0.25, -0.2) is 14.4 Å². The maximum Gasteiger partial charge on any atom is 0.349 e. The van der Waals surface area contributed by atoms with Gasteiger partial charge in [0.25, 0.3) is 0 Å². The number of ether oxygens (including phenoxy) is 3. The Bertz CT molecular complexity index is 1210. The van der Waals surface area contributed by atoms with Crippen LogP contribution in [-0.4, -0.2) is 24.5 Å². The van der Waals surface area contributed by atoms with Gasteiger partial charge in [0.05, 0.1) is 0 Å². The van der Waals surface area contributed by atoms with Gasteiger partial charge in [0, 0.05) is 12.2 Å². The summed E-state index contributed by atoms with van der Waals surface area (Å²) >= 11 is 0. The molecule has 0 atom stereocenters. The molecule has 0 heterocycles. The summed E-state index contributed by atoms with van der Waals surface area (Å²) in [7, 11) is 0. The molecule has 34 heavy (non-hydrogen) atoms. The van der Waals surface area contributed by atoms with Gasteiger partial charge in [-0.15, -0.1) is 0 Å². The number of esters is 3. The van der Waals surface area contributed by atoms with E-state index in [2.05, 4.69) is 37.0 Å². The van der Waals surface area contributed by atoms with Crippen LogP contribution >= 0.6 is 0 Å². The van der Waals surface area contributed by atoms with Gasteiger partial charge in [-0.2, -0.15) is 0 Å². The van der Waals surface area contributed by atoms with Crippen molar-refractivity contribution in [2.24, 2.45) is 0 Å². The number of hydrogen-bond donors (Lipinski definition) is 0. The van der Waals surface area contributed by atoms with Crippen molar-refractivity contribution in [2.75, 3.05) is 6.61 Å². The zero-order valence-corrected chi connectivity index (χ0v) is 18.8. The quantitative estimate of drug-likeness (QED) is 0.247. The summed E-state index contributed by atoms with van der Waals surface area (Å²) in [6.07, 6.45) is 2.93. The SMILES string of the molecule is C=CC(=O)OCC(=O)Oc1ccc(-c2ccc(-c3ccc(OC(=O)C=C)cc3)c(CC)c2)cc1. The number of carbonyl (C=O) groups is 3. The number of rotatable bonds is 9. The van der Waals surface area contributed by atoms with E-state index >= 15 is 0 Å². The molecule has 0 bridgehead atoms. The Labute approximate surface area is 198 Å². The lowest BCUT2D eigenvalue weighted by Crippen LogP contribution is -2.17. The molecule has 0 saturated carbocycles. The van der Waals surface area contributed by atoms with Gasteiger partial charge < -0.3 is 14.2 Å². The molecule has 3 rings (SSSR count). The minimum atomic E-state index is -0.686. The van der Waals surface area contributed by atoms with Gasteiger partial charge in [-0.3, -0.25) is 0 Å². The zero-order valence-electron chi connectivity index (χ0n) is 18.8. The Morgan fingerprint density at radius 2 is 1.29 bits per heavy atom. The van der Waals surface area contributed by atoms with Crippen molar-refractivity contribution in [1.29, 1.82) is 0 Å². The summed E-state index contributed by atoms with van der Waals surface area (Å²) in [6.45, 7) is 8.27. The van der Waals surface area contributed by atoms with Gasteiger partial charge >= 0.3 is 17.9 Å². The second-order valence-electron chi connectivity index (χ2n) is 7.19. The lowest BCUT2D eigenvalue weighted by Gasteiger charge is -2.12. The number of aryl methyl sites for hydroxylation is 1. The molecule has 0 aliphatic heterocycles. The molecule has 0 unspecified atom stereocenters. The minimum absolute atomic E-state index is 0.355. The number of carbonyl (C=O) groups excluding carboxylic acids is 3. The highest BCUT2D eigenvalue weighted by Crippen LogP contribution is 2.31. The molecular formula is C28H24O6. The van der Waals surface area contributed by atoms with Gasteiger partial charge in [-0.05, 0) is 58.5 Å². The van der Waals surface area contributed by atoms with Crippen LogP contribution in [0.15, 0.2) is 92.0 Å². The molecule has 0 amide bonds. The van der Waals surface area contributed by atoms with Crippen LogP contribution < -0.4 is 9.47 Å². The van der Waals surface area contributed by atoms with E-state index < -0.39 is 24.5 Å². The third-order valence-corrected chi connectivity index (χ3v) is 4.95. The molecule has 3 aromatic rings. The van der Waals surface area contributed by atoms with Crippen molar-refractivity contribution >= 4 is 17.9 Å². The molecule has 0 radical (unpaired) electrons. The molecule has 0 spiro atoms. The second kappa shape index (κ2) is 11.4. The third kappa shape index (κ3) is 6.29. The molecule has 172 valence electrons. The van der Waals surface area contributed by atoms with Crippen molar-refractivity contribution in [3.63, 3.8) is 0 Å². The summed E-state index contributed by atoms with van der Waals surface area (Å²) in [5.74, 6) is -1.04. The average molecular weight is 456 g/mol. The Hall–Kier alpha value is -4.45. The molecule has 0 fully saturated rings. The van der Waals surface area contributed by atoms with Gasteiger partial charge in [0.15, 0.2) is 6.61 Å². The summed E-state index contributed by atoms with van der Waals surface area (Å²) in [4.78, 5) is 34.2. The fourth-order valence-corrected chi connectivity index (χ4v) is 3.27. The first-order chi connectivity index (χ1) is 16.4. The van der Waals surface area contributed by atoms with E-state index in [1.54, 1.807) is 24.3 Å². The van der Waals surface area contributed by atoms with E-state index in [9.17, 15) is 14.4 Å². The molecular weight excluding hydrogens is 432 g/mol. The normalized spacial score (nSPS) is 10.1. The van der Waals surface area contributed by atoms with E-state index in [1.807, 2.05) is 30.3 Å². The Balaban J connectivity index is 1.73. The van der Waals surface area contributed by atoms with Crippen LogP contribution in [0.3, 0.4) is 0 Å². The fraction of sp³-hybridized carbons (Fsp3) is 0.107. The topological polar surface area (TPSA) is 78.9 Å². The molecule has 6 nitrogen and oxygen atoms in total. The lowest BCUT2D eigenvalue weighted by molar-refractivity contribution is -0.150. The Kier molecular flexibility index (Phi) is 8.13. The van der Waals surface area contributed by atoms with Crippen molar-refractivity contribution < 1.29 is 28.6 Å². The highest BCUT2D eigenvalue weighted by Gasteiger charge is 2.10. The summed E-state index contributed by atoms with van der Waals surface area (Å²) in [5.41, 5.74) is 5.25. The minimum Gasteiger partial charge on any atom is -0.451 e. The Morgan fingerprint density at radius 1 is 0.735 bits per heavy atom. The van der Waals surface area contributed by atoms with Crippen LogP contribution in [-0.2, 0) is 25.5 Å². The third-order valence-electron chi connectivity index (χ3n) is 4.95. The summed E-state index contributed by atoms with van der Waals surface area (Å²) < 4.78 is 15.0. The van der Waals surface area contributed by atoms with Gasteiger partial charge in [0.2, 0.25) is 0 Å². The predicted molar refractivity (Wildman–Crippen MR) is 129 cm³/mol. The van der Waals surface area contributed by atoms with Gasteiger partial charge in [-0.1, -0.05) is 62.5 Å². The monoisotopic (exact) mass is 456 g/mol. The molecule has 0 aromatic heterocycles. The van der Waals surface area contributed by atoms with Crippen molar-refractivity contribution in [1.82, 2.24) is 0 Å². The first-order valence-corrected chi connectivity index (χ1v) is 10.6. The molecule has 0 N–H and O–H groups in total. The zero-order chi connectivity index (χ0) is 24.5. The van der Waals surface area contributed by atoms with Crippen molar-refractivity contribution in [3.8, 4) is 33.8 Å². The van der Waals surface area contributed by atoms with E-state index in [4.69, 9.17) is 9.47 Å². The van der Waals surface area contributed by atoms with Crippen LogP contribution in [0.25, 0.3) is 22.3 Å². The Morgan fingerprint density at radius 3 is 1.88 bits per heavy atom. The van der Waals surface area contributed by atoms with Gasteiger partial charge in [0.1, 0.15) is 11.5 Å². The fourth-order valence-electron chi connectivity index (χ4n) is 3.27. The standard InChI is InChI=1S/C28H24O6/c1-4-19-17-22(11-16-25(19)21-9-14-23(15-10-21)33-27(30)6-3)20-7-12-24(13-8-20)34-28(31)18-32-26(29)5-2/h5-17H,2-4,18H2,1H3. The first kappa shape index (κ1) is 24.2. The van der Waals surface area contributed by atoms with Crippen molar-refractivity contribution in [3.05, 3.63) is 97.6 Å². The van der Waals surface area contributed by atoms with E-state index in [0.29, 0.717) is 11.5 Å². The summed E-state index contributed by atoms with van der Waals surface area (Å²) in [5, 5.41) is 0. The van der Waals surface area contributed by atoms with Crippen molar-refractivity contribution in [2.45, 2.75) is 13.3 Å². The largest absolute Gasteiger partial charge is 0.451 e. The van der Waals surface area contributed by atoms with E-state index in [0.717, 1.165) is 46.4 Å². The number of hydrogen-bond acceptors (Lipinski definition) is 6. The average Bonchev–Trinajstić information content (AvgIpc) is 2.87. The van der Waals surface area contributed by atoms with E-state index in [1.165, 1.54) is 0 Å². The van der Waals surface area contributed by atoms with Crippen LogP contribution in [0.1, 0.15) is 12.5 Å². The second-order valence-corrected chi connectivity index (χ2v) is 7.19. The van der Waals surface area contributed by atoms with E-state index in [-0.39, 0.29) is 0 Å². The van der Waals surface area contributed by atoms with Crippen LogP contribution in [0.5, 0.6) is 11.5 Å². The highest BCUT2D eigenvalue weighted by atomic mass is 16.6. The molecule has 0 aliphatic rings. The molecule has 0 aliphatic carbocycles. The molecule has 3 aromatic carbocycles. The lowest BCUT2D eigenvalue weighted by atomic mass is 9.93. The molecule has 0 saturated heterocycles. The first-order valence-electron chi connectivity index (χ1n) is 10.6. The van der Waals surface area contributed by atoms with Crippen LogP contribution in [0, 0.1) is 0 Å². The smallest absolute Gasteiger partial charge is 0.349 e. The number of benzene rings is 3. The maximum absolute atomic E-state index is 11.8.